The number of carbonyl (C=O) groups is 2. The van der Waals surface area contributed by atoms with E-state index in [0.717, 1.165) is 11.1 Å². The van der Waals surface area contributed by atoms with E-state index in [0.29, 0.717) is 36.6 Å². The number of anilines is 1. The average molecular weight is 610 g/mol. The number of benzene rings is 3. The van der Waals surface area contributed by atoms with Crippen molar-refractivity contribution in [2.45, 2.75) is 50.8 Å². The minimum absolute atomic E-state index is 0.0228. The third kappa shape index (κ3) is 8.13. The van der Waals surface area contributed by atoms with Crippen LogP contribution in [0.25, 0.3) is 0 Å². The van der Waals surface area contributed by atoms with E-state index in [4.69, 9.17) is 4.74 Å². The van der Waals surface area contributed by atoms with Crippen LogP contribution in [-0.4, -0.2) is 79.2 Å². The Balaban J connectivity index is 1.60. The van der Waals surface area contributed by atoms with Gasteiger partial charge in [0.1, 0.15) is 11.9 Å². The number of nitrogens with one attached hydrogen (secondary N) is 1. The predicted molar refractivity (Wildman–Crippen MR) is 164 cm³/mol. The number of nitrogens with zero attached hydrogens (tertiary/aromatic N) is 2. The second-order valence-corrected chi connectivity index (χ2v) is 13.0. The molecule has 3 aromatic rings. The van der Waals surface area contributed by atoms with Gasteiger partial charge in [-0.05, 0) is 68.9 Å². The Bertz CT molecular complexity index is 1540. The molecule has 3 aromatic carbocycles. The molecule has 0 aromatic heterocycles. The molecule has 0 bridgehead atoms. The van der Waals surface area contributed by atoms with E-state index in [1.807, 2.05) is 20.9 Å². The van der Waals surface area contributed by atoms with E-state index in [1.165, 1.54) is 0 Å². The lowest BCUT2D eigenvalue weighted by Crippen LogP contribution is -2.47. The zero-order valence-electron chi connectivity index (χ0n) is 24.9. The van der Waals surface area contributed by atoms with Crippen LogP contribution in [-0.2, 0) is 27.8 Å². The van der Waals surface area contributed by atoms with Crippen molar-refractivity contribution in [3.63, 3.8) is 0 Å². The first-order valence-electron chi connectivity index (χ1n) is 14.2. The van der Waals surface area contributed by atoms with Crippen LogP contribution in [0, 0.1) is 12.8 Å². The molecule has 0 spiro atoms. The van der Waals surface area contributed by atoms with Gasteiger partial charge in [0, 0.05) is 36.8 Å². The van der Waals surface area contributed by atoms with Crippen molar-refractivity contribution in [1.82, 2.24) is 9.80 Å². The van der Waals surface area contributed by atoms with E-state index < -0.39 is 22.0 Å². The molecule has 0 saturated heterocycles. The number of sulfonamides is 1. The largest absolute Gasteiger partial charge is 0.488 e. The molecular weight excluding hydrogens is 570 g/mol. The molecule has 230 valence electrons. The van der Waals surface area contributed by atoms with Gasteiger partial charge in [-0.15, -0.1) is 0 Å². The standard InChI is InChI=1S/C32H39N3O7S/c1-21-5-12-28(13-6-21)43(40,41)33-27-11-14-29-26(15-27)16-31(37)35(23(3)20-36)17-22(2)30(42-29)19-34(4)18-24-7-9-25(10-8-24)32(38)39/h5-15,22-23,30,33,36H,16-20H2,1-4H3,(H,38,39)/t22-,23-,30-/m0/s1. The lowest BCUT2D eigenvalue weighted by Gasteiger charge is -2.34. The maximum absolute atomic E-state index is 13.5. The van der Waals surface area contributed by atoms with Crippen LogP contribution in [0.4, 0.5) is 5.69 Å². The van der Waals surface area contributed by atoms with Crippen molar-refractivity contribution in [2.24, 2.45) is 5.92 Å². The summed E-state index contributed by atoms with van der Waals surface area (Å²) in [6.45, 7) is 6.89. The third-order valence-electron chi connectivity index (χ3n) is 7.64. The smallest absolute Gasteiger partial charge is 0.335 e. The number of rotatable bonds is 10. The second-order valence-electron chi connectivity index (χ2n) is 11.3. The van der Waals surface area contributed by atoms with Crippen LogP contribution in [0.5, 0.6) is 5.75 Å². The van der Waals surface area contributed by atoms with Gasteiger partial charge in [0.15, 0.2) is 0 Å². The molecule has 11 heteroatoms. The highest BCUT2D eigenvalue weighted by atomic mass is 32.2. The van der Waals surface area contributed by atoms with E-state index >= 15 is 0 Å². The maximum atomic E-state index is 13.5. The van der Waals surface area contributed by atoms with Crippen molar-refractivity contribution in [3.05, 3.63) is 89.0 Å². The van der Waals surface area contributed by atoms with Crippen LogP contribution in [0.2, 0.25) is 0 Å². The highest BCUT2D eigenvalue weighted by Crippen LogP contribution is 2.30. The molecule has 4 rings (SSSR count). The number of fused-ring (bicyclic) bond motifs is 1. The first-order chi connectivity index (χ1) is 20.4. The lowest BCUT2D eigenvalue weighted by molar-refractivity contribution is -0.134. The number of carboxylic acids is 1. The number of hydrogen-bond acceptors (Lipinski definition) is 7. The minimum Gasteiger partial charge on any atom is -0.488 e. The molecule has 1 aliphatic rings. The highest BCUT2D eigenvalue weighted by Gasteiger charge is 2.31. The maximum Gasteiger partial charge on any atom is 0.335 e. The van der Waals surface area contributed by atoms with E-state index in [-0.39, 0.29) is 41.4 Å². The van der Waals surface area contributed by atoms with Gasteiger partial charge >= 0.3 is 5.97 Å². The Morgan fingerprint density at radius 2 is 1.79 bits per heavy atom. The van der Waals surface area contributed by atoms with Gasteiger partial charge < -0.3 is 19.8 Å². The number of carboxylic acid groups (broad SMARTS) is 1. The molecule has 43 heavy (non-hydrogen) atoms. The summed E-state index contributed by atoms with van der Waals surface area (Å²) < 4.78 is 35.2. The molecule has 0 unspecified atom stereocenters. The van der Waals surface area contributed by atoms with E-state index in [1.54, 1.807) is 78.6 Å². The van der Waals surface area contributed by atoms with Crippen molar-refractivity contribution in [1.29, 1.82) is 0 Å². The number of aromatic carboxylic acids is 1. The molecule has 3 atom stereocenters. The molecule has 0 radical (unpaired) electrons. The molecule has 1 aliphatic heterocycles. The van der Waals surface area contributed by atoms with Gasteiger partial charge in [-0.25, -0.2) is 13.2 Å². The molecule has 10 nitrogen and oxygen atoms in total. The molecule has 0 fully saturated rings. The number of aliphatic hydroxyl groups is 1. The van der Waals surface area contributed by atoms with Gasteiger partial charge in [-0.1, -0.05) is 36.8 Å². The minimum atomic E-state index is -3.85. The summed E-state index contributed by atoms with van der Waals surface area (Å²) in [5.74, 6) is -0.792. The number of hydrogen-bond donors (Lipinski definition) is 3. The Kier molecular flexibility index (Phi) is 10.1. The van der Waals surface area contributed by atoms with Crippen molar-refractivity contribution in [2.75, 3.05) is 31.5 Å². The first kappa shape index (κ1) is 32.0. The Morgan fingerprint density at radius 3 is 2.42 bits per heavy atom. The van der Waals surface area contributed by atoms with Crippen LogP contribution in [0.15, 0.2) is 71.6 Å². The fraction of sp³-hybridized carbons (Fsp3) is 0.375. The predicted octanol–water partition coefficient (Wildman–Crippen LogP) is 3.78. The van der Waals surface area contributed by atoms with E-state index in [2.05, 4.69) is 9.62 Å². The number of amides is 1. The summed E-state index contributed by atoms with van der Waals surface area (Å²) >= 11 is 0. The van der Waals surface area contributed by atoms with Crippen LogP contribution >= 0.6 is 0 Å². The van der Waals surface area contributed by atoms with E-state index in [9.17, 15) is 28.2 Å². The van der Waals surface area contributed by atoms with Crippen molar-refractivity contribution < 1.29 is 33.0 Å². The molecular formula is C32H39N3O7S. The van der Waals surface area contributed by atoms with Gasteiger partial charge in [-0.3, -0.25) is 14.4 Å². The molecule has 1 amide bonds. The molecule has 3 N–H and O–H groups in total. The molecule has 1 heterocycles. The third-order valence-corrected chi connectivity index (χ3v) is 9.04. The SMILES string of the molecule is Cc1ccc(S(=O)(=O)Nc2ccc3c(c2)CC(=O)N([C@@H](C)CO)C[C@H](C)[C@H](CN(C)Cc2ccc(C(=O)O)cc2)O3)cc1. The number of carbonyl (C=O) groups excluding carboxylic acids is 1. The number of ether oxygens (including phenoxy) is 1. The van der Waals surface area contributed by atoms with Crippen molar-refractivity contribution >= 4 is 27.6 Å². The summed E-state index contributed by atoms with van der Waals surface area (Å²) in [4.78, 5) is 28.6. The molecule has 0 aliphatic carbocycles. The summed E-state index contributed by atoms with van der Waals surface area (Å²) in [6, 6.07) is 17.8. The highest BCUT2D eigenvalue weighted by molar-refractivity contribution is 7.92. The quantitative estimate of drug-likeness (QED) is 0.316. The number of likely N-dealkylation sites (N-methyl/N-ethyl adjacent to an activating group) is 1. The summed E-state index contributed by atoms with van der Waals surface area (Å²) in [5, 5.41) is 19.1. The number of aliphatic hydroxyl groups excluding tert-OH is 1. The molecule has 0 saturated carbocycles. The fourth-order valence-electron chi connectivity index (χ4n) is 5.08. The second kappa shape index (κ2) is 13.6. The van der Waals surface area contributed by atoms with Crippen LogP contribution in [0.1, 0.15) is 40.9 Å². The lowest BCUT2D eigenvalue weighted by atomic mass is 10.0. The number of aryl methyl sites for hydroxylation is 1. The van der Waals surface area contributed by atoms with Gasteiger partial charge in [0.2, 0.25) is 5.91 Å². The summed E-state index contributed by atoms with van der Waals surface area (Å²) in [5.41, 5.74) is 2.96. The summed E-state index contributed by atoms with van der Waals surface area (Å²) in [6.07, 6.45) is -0.373. The zero-order valence-corrected chi connectivity index (χ0v) is 25.7. The van der Waals surface area contributed by atoms with Gasteiger partial charge in [0.25, 0.3) is 10.0 Å². The van der Waals surface area contributed by atoms with Crippen molar-refractivity contribution in [3.8, 4) is 5.75 Å². The van der Waals surface area contributed by atoms with Crippen LogP contribution in [0.3, 0.4) is 0 Å². The Morgan fingerprint density at radius 1 is 1.12 bits per heavy atom. The van der Waals surface area contributed by atoms with Crippen LogP contribution < -0.4 is 9.46 Å². The Hall–Kier alpha value is -3.93. The first-order valence-corrected chi connectivity index (χ1v) is 15.6. The van der Waals surface area contributed by atoms with Gasteiger partial charge in [0.05, 0.1) is 29.5 Å². The average Bonchev–Trinajstić information content (AvgIpc) is 3.00. The fourth-order valence-corrected chi connectivity index (χ4v) is 6.13. The van der Waals surface area contributed by atoms with Gasteiger partial charge in [-0.2, -0.15) is 0 Å². The Labute approximate surface area is 253 Å². The summed E-state index contributed by atoms with van der Waals surface area (Å²) in [7, 11) is -1.91. The topological polar surface area (TPSA) is 136 Å². The zero-order chi connectivity index (χ0) is 31.3. The normalized spacial score (nSPS) is 18.2. The monoisotopic (exact) mass is 609 g/mol.